The molecule has 1 heterocycles. The lowest BCUT2D eigenvalue weighted by Crippen LogP contribution is -2.28. The fourth-order valence-electron chi connectivity index (χ4n) is 9.14. The highest BCUT2D eigenvalue weighted by Crippen LogP contribution is 2.61. The molecule has 0 saturated heterocycles. The molecule has 268 valence electrons. The summed E-state index contributed by atoms with van der Waals surface area (Å²) >= 11 is 1.92. The Labute approximate surface area is 337 Å². The van der Waals surface area contributed by atoms with Crippen LogP contribution in [0.5, 0.6) is 0 Å². The van der Waals surface area contributed by atoms with E-state index in [2.05, 4.69) is 229 Å². The van der Waals surface area contributed by atoms with Gasteiger partial charge in [-0.05, 0) is 115 Å². The van der Waals surface area contributed by atoms with Gasteiger partial charge >= 0.3 is 0 Å². The Morgan fingerprint density at radius 3 is 1.68 bits per heavy atom. The Morgan fingerprint density at radius 2 is 0.930 bits per heavy atom. The molecule has 10 aromatic rings. The number of hydrogen-bond acceptors (Lipinski definition) is 2. The predicted molar refractivity (Wildman–Crippen MR) is 242 cm³/mol. The van der Waals surface area contributed by atoms with Crippen LogP contribution < -0.4 is 4.90 Å². The predicted octanol–water partition coefficient (Wildman–Crippen LogP) is 15.2. The third-order valence-corrected chi connectivity index (χ3v) is 12.9. The first-order valence-corrected chi connectivity index (χ1v) is 20.4. The largest absolute Gasteiger partial charge is 0.310 e. The van der Waals surface area contributed by atoms with Gasteiger partial charge in [0.2, 0.25) is 0 Å². The van der Waals surface area contributed by atoms with E-state index in [1.807, 2.05) is 11.3 Å². The van der Waals surface area contributed by atoms with Crippen molar-refractivity contribution in [3.05, 3.63) is 247 Å². The quantitative estimate of drug-likeness (QED) is 0.157. The molecule has 11 rings (SSSR count). The molecule has 1 aromatic heterocycles. The molecule has 0 amide bonds. The van der Waals surface area contributed by atoms with Crippen molar-refractivity contribution in [2.75, 3.05) is 4.90 Å². The summed E-state index contributed by atoms with van der Waals surface area (Å²) in [6, 6.07) is 82.4. The molecular formula is C55H37NS. The summed E-state index contributed by atoms with van der Waals surface area (Å²) in [5.74, 6) is 0. The number of nitrogens with zero attached hydrogens (tertiary/aromatic N) is 1. The number of thiophene rings is 1. The molecule has 1 nitrogen and oxygen atoms in total. The van der Waals surface area contributed by atoms with Crippen molar-refractivity contribution >= 4 is 49.3 Å². The van der Waals surface area contributed by atoms with Crippen molar-refractivity contribution < 1.29 is 0 Å². The normalized spacial score (nSPS) is 12.7. The topological polar surface area (TPSA) is 3.24 Å². The number of fused-ring (bicyclic) bond motifs is 6. The summed E-state index contributed by atoms with van der Waals surface area (Å²) < 4.78 is 1.33. The standard InChI is InChI=1S/C55H37NS/c1-4-15-38(16-5-1)40-27-31-46(32-28-40)56(48-33-29-39-17-10-11-18-41(39)35-48)47-24-14-19-42(36-47)43-30-34-49-51(37-43)55(44-20-6-2-7-21-44,45-22-8-3-9-23-45)53-50-25-12-13-26-52(50)57-54(49)53/h1-37H. The summed E-state index contributed by atoms with van der Waals surface area (Å²) in [5, 5.41) is 3.78. The maximum absolute atomic E-state index is 2.48. The zero-order chi connectivity index (χ0) is 37.8. The number of benzene rings is 9. The first-order chi connectivity index (χ1) is 28.3. The molecule has 0 N–H and O–H groups in total. The summed E-state index contributed by atoms with van der Waals surface area (Å²) in [5.41, 5.74) is 14.3. The Hall–Kier alpha value is -7.00. The summed E-state index contributed by atoms with van der Waals surface area (Å²) in [4.78, 5) is 3.75. The lowest BCUT2D eigenvalue weighted by Gasteiger charge is -2.34. The third kappa shape index (κ3) is 5.44. The molecule has 0 atom stereocenters. The van der Waals surface area contributed by atoms with Crippen molar-refractivity contribution in [1.82, 2.24) is 0 Å². The van der Waals surface area contributed by atoms with Crippen molar-refractivity contribution in [1.29, 1.82) is 0 Å². The fraction of sp³-hybridized carbons (Fsp3) is 0.0182. The molecule has 0 spiro atoms. The molecule has 1 aliphatic rings. The first-order valence-electron chi connectivity index (χ1n) is 19.6. The van der Waals surface area contributed by atoms with Gasteiger partial charge in [0.25, 0.3) is 0 Å². The molecule has 0 saturated carbocycles. The average Bonchev–Trinajstić information content (AvgIpc) is 3.81. The van der Waals surface area contributed by atoms with Gasteiger partial charge in [-0.2, -0.15) is 0 Å². The highest BCUT2D eigenvalue weighted by Gasteiger charge is 2.48. The smallest absolute Gasteiger partial charge is 0.0728 e. The molecule has 0 fully saturated rings. The first kappa shape index (κ1) is 33.3. The zero-order valence-corrected chi connectivity index (χ0v) is 32.0. The van der Waals surface area contributed by atoms with Crippen LogP contribution in [0.3, 0.4) is 0 Å². The van der Waals surface area contributed by atoms with E-state index in [0.29, 0.717) is 0 Å². The van der Waals surface area contributed by atoms with Crippen LogP contribution in [0.2, 0.25) is 0 Å². The van der Waals surface area contributed by atoms with Crippen molar-refractivity contribution in [3.8, 4) is 32.7 Å². The molecule has 0 aliphatic heterocycles. The molecular weight excluding hydrogens is 707 g/mol. The van der Waals surface area contributed by atoms with Crippen molar-refractivity contribution in [2.24, 2.45) is 0 Å². The third-order valence-electron chi connectivity index (χ3n) is 11.7. The Morgan fingerprint density at radius 1 is 0.368 bits per heavy atom. The van der Waals surface area contributed by atoms with E-state index in [0.717, 1.165) is 17.1 Å². The number of anilines is 3. The molecule has 0 radical (unpaired) electrons. The van der Waals surface area contributed by atoms with Crippen LogP contribution in [0.4, 0.5) is 17.1 Å². The second-order valence-electron chi connectivity index (χ2n) is 14.9. The van der Waals surface area contributed by atoms with Crippen LogP contribution in [-0.2, 0) is 5.41 Å². The Balaban J connectivity index is 1.09. The van der Waals surface area contributed by atoms with Gasteiger partial charge in [0.1, 0.15) is 0 Å². The molecule has 0 bridgehead atoms. The maximum atomic E-state index is 2.48. The van der Waals surface area contributed by atoms with Crippen molar-refractivity contribution in [3.63, 3.8) is 0 Å². The van der Waals surface area contributed by atoms with Crippen LogP contribution in [0.25, 0.3) is 53.6 Å². The van der Waals surface area contributed by atoms with Crippen molar-refractivity contribution in [2.45, 2.75) is 5.41 Å². The van der Waals surface area contributed by atoms with Gasteiger partial charge < -0.3 is 4.90 Å². The number of rotatable bonds is 7. The van der Waals surface area contributed by atoms with E-state index >= 15 is 0 Å². The van der Waals surface area contributed by atoms with Gasteiger partial charge in [-0.25, -0.2) is 0 Å². The molecule has 57 heavy (non-hydrogen) atoms. The van der Waals surface area contributed by atoms with E-state index in [9.17, 15) is 0 Å². The Bertz CT molecular complexity index is 3020. The van der Waals surface area contributed by atoms with Gasteiger partial charge in [0.05, 0.1) is 5.41 Å². The maximum Gasteiger partial charge on any atom is 0.0728 e. The van der Waals surface area contributed by atoms with E-state index in [-0.39, 0.29) is 0 Å². The van der Waals surface area contributed by atoms with Gasteiger partial charge in [-0.15, -0.1) is 11.3 Å². The molecule has 1 aliphatic carbocycles. The van der Waals surface area contributed by atoms with E-state index in [4.69, 9.17) is 0 Å². The summed E-state index contributed by atoms with van der Waals surface area (Å²) in [6.45, 7) is 0. The second-order valence-corrected chi connectivity index (χ2v) is 15.9. The molecule has 9 aromatic carbocycles. The van der Waals surface area contributed by atoms with Crippen LogP contribution in [-0.4, -0.2) is 0 Å². The minimum atomic E-state index is -0.474. The van der Waals surface area contributed by atoms with Crippen LogP contribution >= 0.6 is 11.3 Å². The highest BCUT2D eigenvalue weighted by atomic mass is 32.1. The van der Waals surface area contributed by atoms with Gasteiger partial charge in [-0.3, -0.25) is 0 Å². The lowest BCUT2D eigenvalue weighted by atomic mass is 9.67. The highest BCUT2D eigenvalue weighted by molar-refractivity contribution is 7.22. The van der Waals surface area contributed by atoms with Crippen LogP contribution in [0, 0.1) is 0 Å². The monoisotopic (exact) mass is 743 g/mol. The van der Waals surface area contributed by atoms with E-state index < -0.39 is 5.41 Å². The lowest BCUT2D eigenvalue weighted by molar-refractivity contribution is 0.777. The molecule has 2 heteroatoms. The van der Waals surface area contributed by atoms with Crippen LogP contribution in [0.1, 0.15) is 22.3 Å². The second kappa shape index (κ2) is 13.6. The molecule has 0 unspecified atom stereocenters. The SMILES string of the molecule is c1ccc(-c2ccc(N(c3cccc(-c4ccc5c(c4)C(c4ccccc4)(c4ccccc4)c4c-5sc5ccccc45)c3)c3ccc4ccccc4c3)cc2)cc1. The van der Waals surface area contributed by atoms with Gasteiger partial charge in [0, 0.05) is 26.6 Å². The zero-order valence-electron chi connectivity index (χ0n) is 31.2. The number of hydrogen-bond donors (Lipinski definition) is 0. The van der Waals surface area contributed by atoms with E-state index in [1.165, 1.54) is 75.8 Å². The summed E-state index contributed by atoms with van der Waals surface area (Å²) in [7, 11) is 0. The minimum Gasteiger partial charge on any atom is -0.310 e. The van der Waals surface area contributed by atoms with Gasteiger partial charge in [-0.1, -0.05) is 176 Å². The minimum absolute atomic E-state index is 0.474. The van der Waals surface area contributed by atoms with Crippen LogP contribution in [0.15, 0.2) is 224 Å². The summed E-state index contributed by atoms with van der Waals surface area (Å²) in [6.07, 6.45) is 0. The average molecular weight is 744 g/mol. The van der Waals surface area contributed by atoms with Gasteiger partial charge in [0.15, 0.2) is 0 Å². The Kier molecular flexibility index (Phi) is 7.98. The van der Waals surface area contributed by atoms with E-state index in [1.54, 1.807) is 0 Å². The fourth-order valence-corrected chi connectivity index (χ4v) is 10.4.